The lowest BCUT2D eigenvalue weighted by atomic mass is 10.2. The summed E-state index contributed by atoms with van der Waals surface area (Å²) in [6, 6.07) is -0.369. The van der Waals surface area contributed by atoms with E-state index in [1.54, 1.807) is 0 Å². The molecule has 1 atom stereocenters. The summed E-state index contributed by atoms with van der Waals surface area (Å²) >= 11 is 1.52. The smallest absolute Gasteiger partial charge is 0.226 e. The average Bonchev–Trinajstić information content (AvgIpc) is 2.88. The standard InChI is InChI=1S/C11H15N3O3S/c1-17-7-9(6-15)12-10(16)4-8-5-14-2-3-18-11(14)13-8/h2-3,5,9,15H,4,6-7H2,1H3,(H,12,16). The number of aromatic nitrogens is 2. The summed E-state index contributed by atoms with van der Waals surface area (Å²) in [5.74, 6) is -0.170. The molecule has 0 aliphatic rings. The monoisotopic (exact) mass is 269 g/mol. The number of rotatable bonds is 6. The van der Waals surface area contributed by atoms with Gasteiger partial charge in [-0.05, 0) is 0 Å². The van der Waals surface area contributed by atoms with Gasteiger partial charge in [0.15, 0.2) is 4.96 Å². The fourth-order valence-corrected chi connectivity index (χ4v) is 2.36. The van der Waals surface area contributed by atoms with E-state index in [9.17, 15) is 4.79 Å². The first-order valence-electron chi connectivity index (χ1n) is 5.53. The highest BCUT2D eigenvalue weighted by Crippen LogP contribution is 2.11. The predicted molar refractivity (Wildman–Crippen MR) is 67.7 cm³/mol. The Bertz CT molecular complexity index is 494. The van der Waals surface area contributed by atoms with E-state index in [-0.39, 0.29) is 25.0 Å². The zero-order chi connectivity index (χ0) is 13.0. The Labute approximate surface area is 108 Å². The van der Waals surface area contributed by atoms with Crippen molar-refractivity contribution in [3.8, 4) is 0 Å². The number of amides is 1. The normalized spacial score (nSPS) is 12.8. The number of hydrogen-bond donors (Lipinski definition) is 2. The first-order valence-corrected chi connectivity index (χ1v) is 6.41. The van der Waals surface area contributed by atoms with Crippen LogP contribution in [-0.2, 0) is 16.0 Å². The number of fused-ring (bicyclic) bond motifs is 1. The van der Waals surface area contributed by atoms with Crippen LogP contribution in [0.5, 0.6) is 0 Å². The molecule has 0 fully saturated rings. The molecule has 0 spiro atoms. The summed E-state index contributed by atoms with van der Waals surface area (Å²) in [6.45, 7) is 0.151. The number of methoxy groups -OCH3 is 1. The van der Waals surface area contributed by atoms with Crippen LogP contribution in [-0.4, -0.2) is 46.8 Å². The van der Waals surface area contributed by atoms with Crippen LogP contribution in [0.3, 0.4) is 0 Å². The van der Waals surface area contributed by atoms with E-state index in [4.69, 9.17) is 9.84 Å². The molecule has 2 aromatic rings. The molecule has 0 radical (unpaired) electrons. The number of hydrogen-bond acceptors (Lipinski definition) is 5. The molecule has 0 saturated carbocycles. The fraction of sp³-hybridized carbons (Fsp3) is 0.455. The van der Waals surface area contributed by atoms with Gasteiger partial charge < -0.3 is 15.2 Å². The maximum Gasteiger partial charge on any atom is 0.226 e. The maximum atomic E-state index is 11.7. The fourth-order valence-electron chi connectivity index (χ4n) is 1.65. The number of nitrogens with one attached hydrogen (secondary N) is 1. The van der Waals surface area contributed by atoms with E-state index < -0.39 is 0 Å². The van der Waals surface area contributed by atoms with Gasteiger partial charge in [-0.25, -0.2) is 4.98 Å². The Hall–Kier alpha value is -1.44. The molecule has 7 heteroatoms. The van der Waals surface area contributed by atoms with Gasteiger partial charge in [0.2, 0.25) is 5.91 Å². The minimum atomic E-state index is -0.369. The van der Waals surface area contributed by atoms with Crippen molar-refractivity contribution in [2.75, 3.05) is 20.3 Å². The second-order valence-electron chi connectivity index (χ2n) is 3.90. The molecular formula is C11H15N3O3S. The number of carbonyl (C=O) groups is 1. The Kier molecular flexibility index (Phi) is 4.29. The molecule has 2 rings (SSSR count). The zero-order valence-corrected chi connectivity index (χ0v) is 10.8. The van der Waals surface area contributed by atoms with E-state index in [1.807, 2.05) is 22.2 Å². The molecule has 0 saturated heterocycles. The van der Waals surface area contributed by atoms with Crippen LogP contribution in [0, 0.1) is 0 Å². The number of carbonyl (C=O) groups excluding carboxylic acids is 1. The summed E-state index contributed by atoms with van der Waals surface area (Å²) in [6.07, 6.45) is 3.93. The molecule has 0 aliphatic carbocycles. The van der Waals surface area contributed by atoms with E-state index in [2.05, 4.69) is 10.3 Å². The molecule has 98 valence electrons. The zero-order valence-electron chi connectivity index (χ0n) is 10.00. The van der Waals surface area contributed by atoms with Crippen molar-refractivity contribution in [1.29, 1.82) is 0 Å². The summed E-state index contributed by atoms with van der Waals surface area (Å²) in [7, 11) is 1.53. The van der Waals surface area contributed by atoms with Gasteiger partial charge in [0.1, 0.15) is 0 Å². The van der Waals surface area contributed by atoms with Gasteiger partial charge in [-0.2, -0.15) is 0 Å². The number of nitrogens with zero attached hydrogens (tertiary/aromatic N) is 2. The van der Waals surface area contributed by atoms with Crippen LogP contribution in [0.25, 0.3) is 4.96 Å². The first kappa shape index (κ1) is 13.0. The number of imidazole rings is 1. The molecular weight excluding hydrogens is 254 g/mol. The van der Waals surface area contributed by atoms with Gasteiger partial charge in [-0.1, -0.05) is 0 Å². The highest BCUT2D eigenvalue weighted by atomic mass is 32.1. The average molecular weight is 269 g/mol. The van der Waals surface area contributed by atoms with Gasteiger partial charge in [0, 0.05) is 24.9 Å². The van der Waals surface area contributed by atoms with Gasteiger partial charge in [-0.3, -0.25) is 9.20 Å². The number of aliphatic hydroxyl groups excluding tert-OH is 1. The number of ether oxygens (including phenoxy) is 1. The van der Waals surface area contributed by atoms with Crippen LogP contribution in [0.1, 0.15) is 5.69 Å². The number of thiazole rings is 1. The minimum Gasteiger partial charge on any atom is -0.394 e. The largest absolute Gasteiger partial charge is 0.394 e. The SMILES string of the molecule is COCC(CO)NC(=O)Cc1cn2ccsc2n1. The minimum absolute atomic E-state index is 0.141. The molecule has 1 amide bonds. The third-order valence-electron chi connectivity index (χ3n) is 2.44. The van der Waals surface area contributed by atoms with Crippen molar-refractivity contribution in [1.82, 2.24) is 14.7 Å². The van der Waals surface area contributed by atoms with E-state index in [0.29, 0.717) is 12.3 Å². The summed E-state index contributed by atoms with van der Waals surface area (Å²) < 4.78 is 6.77. The Balaban J connectivity index is 1.92. The third-order valence-corrected chi connectivity index (χ3v) is 3.21. The van der Waals surface area contributed by atoms with Crippen molar-refractivity contribution in [2.45, 2.75) is 12.5 Å². The van der Waals surface area contributed by atoms with Crippen molar-refractivity contribution in [3.05, 3.63) is 23.5 Å². The Morgan fingerprint density at radius 1 is 1.72 bits per heavy atom. The second-order valence-corrected chi connectivity index (χ2v) is 4.78. The predicted octanol–water partition coefficient (Wildman–Crippen LogP) is 0.0618. The Morgan fingerprint density at radius 2 is 2.56 bits per heavy atom. The van der Waals surface area contributed by atoms with Crippen LogP contribution in [0.4, 0.5) is 0 Å². The highest BCUT2D eigenvalue weighted by Gasteiger charge is 2.13. The lowest BCUT2D eigenvalue weighted by Crippen LogP contribution is -2.41. The quantitative estimate of drug-likeness (QED) is 0.777. The third kappa shape index (κ3) is 3.06. The first-order chi connectivity index (χ1) is 8.72. The summed E-state index contributed by atoms with van der Waals surface area (Å²) in [5.41, 5.74) is 0.716. The van der Waals surface area contributed by atoms with Crippen LogP contribution in [0.2, 0.25) is 0 Å². The van der Waals surface area contributed by atoms with Crippen molar-refractivity contribution in [3.63, 3.8) is 0 Å². The van der Waals surface area contributed by atoms with Crippen LogP contribution < -0.4 is 5.32 Å². The van der Waals surface area contributed by atoms with Crippen molar-refractivity contribution < 1.29 is 14.6 Å². The molecule has 6 nitrogen and oxygen atoms in total. The van der Waals surface area contributed by atoms with E-state index in [0.717, 1.165) is 4.96 Å². The topological polar surface area (TPSA) is 75.9 Å². The molecule has 2 aromatic heterocycles. The lowest BCUT2D eigenvalue weighted by Gasteiger charge is -2.14. The lowest BCUT2D eigenvalue weighted by molar-refractivity contribution is -0.121. The van der Waals surface area contributed by atoms with Crippen LogP contribution >= 0.6 is 11.3 Å². The highest BCUT2D eigenvalue weighted by molar-refractivity contribution is 7.15. The van der Waals surface area contributed by atoms with E-state index in [1.165, 1.54) is 18.4 Å². The molecule has 2 heterocycles. The molecule has 0 aliphatic heterocycles. The van der Waals surface area contributed by atoms with Gasteiger partial charge in [-0.15, -0.1) is 11.3 Å². The van der Waals surface area contributed by atoms with Gasteiger partial charge >= 0.3 is 0 Å². The van der Waals surface area contributed by atoms with Gasteiger partial charge in [0.25, 0.3) is 0 Å². The van der Waals surface area contributed by atoms with E-state index >= 15 is 0 Å². The van der Waals surface area contributed by atoms with Gasteiger partial charge in [0.05, 0.1) is 31.4 Å². The van der Waals surface area contributed by atoms with Crippen molar-refractivity contribution in [2.24, 2.45) is 0 Å². The Morgan fingerprint density at radius 3 is 3.22 bits per heavy atom. The maximum absolute atomic E-state index is 11.7. The number of aliphatic hydroxyl groups is 1. The summed E-state index contributed by atoms with van der Waals surface area (Å²) in [4.78, 5) is 16.9. The molecule has 1 unspecified atom stereocenters. The molecule has 0 aromatic carbocycles. The molecule has 2 N–H and O–H groups in total. The molecule has 0 bridgehead atoms. The van der Waals surface area contributed by atoms with Crippen LogP contribution in [0.15, 0.2) is 17.8 Å². The summed E-state index contributed by atoms with van der Waals surface area (Å²) in [5, 5.41) is 13.7. The van der Waals surface area contributed by atoms with Crippen molar-refractivity contribution >= 4 is 22.2 Å². The molecule has 18 heavy (non-hydrogen) atoms. The second kappa shape index (κ2) is 5.94.